The SMILES string of the molecule is COCCN(c1ncc(N)cc1C(N)=O)C1CC1. The van der Waals surface area contributed by atoms with E-state index in [0.29, 0.717) is 36.3 Å². The number of nitrogens with zero attached hydrogens (tertiary/aromatic N) is 2. The van der Waals surface area contributed by atoms with Gasteiger partial charge in [0.05, 0.1) is 24.1 Å². The maximum absolute atomic E-state index is 11.5. The monoisotopic (exact) mass is 250 g/mol. The Hall–Kier alpha value is -1.82. The second kappa shape index (κ2) is 5.22. The van der Waals surface area contributed by atoms with Crippen LogP contribution in [0.3, 0.4) is 0 Å². The number of carbonyl (C=O) groups is 1. The van der Waals surface area contributed by atoms with Crippen LogP contribution >= 0.6 is 0 Å². The minimum Gasteiger partial charge on any atom is -0.397 e. The summed E-state index contributed by atoms with van der Waals surface area (Å²) in [6.07, 6.45) is 3.76. The molecule has 98 valence electrons. The van der Waals surface area contributed by atoms with Gasteiger partial charge in [-0.25, -0.2) is 4.98 Å². The molecule has 1 heterocycles. The number of aromatic nitrogens is 1. The fourth-order valence-electron chi connectivity index (χ4n) is 1.92. The van der Waals surface area contributed by atoms with E-state index in [9.17, 15) is 4.79 Å². The zero-order valence-corrected chi connectivity index (χ0v) is 10.4. The Morgan fingerprint density at radius 1 is 1.61 bits per heavy atom. The second-order valence-corrected chi connectivity index (χ2v) is 4.42. The first-order valence-corrected chi connectivity index (χ1v) is 5.94. The number of amides is 1. The van der Waals surface area contributed by atoms with Crippen LogP contribution in [0.2, 0.25) is 0 Å². The molecule has 0 spiro atoms. The van der Waals surface area contributed by atoms with Gasteiger partial charge in [0.25, 0.3) is 5.91 Å². The molecule has 0 saturated heterocycles. The van der Waals surface area contributed by atoms with Crippen molar-refractivity contribution in [1.29, 1.82) is 0 Å². The summed E-state index contributed by atoms with van der Waals surface area (Å²) in [6.45, 7) is 1.28. The first kappa shape index (κ1) is 12.6. The molecule has 0 aromatic carbocycles. The molecule has 6 heteroatoms. The maximum atomic E-state index is 11.5. The molecule has 4 N–H and O–H groups in total. The fraction of sp³-hybridized carbons (Fsp3) is 0.500. The first-order chi connectivity index (χ1) is 8.63. The van der Waals surface area contributed by atoms with Gasteiger partial charge in [0.1, 0.15) is 5.82 Å². The lowest BCUT2D eigenvalue weighted by atomic mass is 10.2. The number of rotatable bonds is 6. The first-order valence-electron chi connectivity index (χ1n) is 5.94. The van der Waals surface area contributed by atoms with Crippen LogP contribution < -0.4 is 16.4 Å². The van der Waals surface area contributed by atoms with Crippen molar-refractivity contribution in [2.75, 3.05) is 30.9 Å². The number of hydrogen-bond donors (Lipinski definition) is 2. The Labute approximate surface area is 106 Å². The number of ether oxygens (including phenoxy) is 1. The van der Waals surface area contributed by atoms with Gasteiger partial charge in [-0.2, -0.15) is 0 Å². The van der Waals surface area contributed by atoms with Crippen LogP contribution in [0.15, 0.2) is 12.3 Å². The summed E-state index contributed by atoms with van der Waals surface area (Å²) in [5, 5.41) is 0. The van der Waals surface area contributed by atoms with E-state index in [0.717, 1.165) is 12.8 Å². The topological polar surface area (TPSA) is 94.5 Å². The molecule has 18 heavy (non-hydrogen) atoms. The highest BCUT2D eigenvalue weighted by Crippen LogP contribution is 2.32. The molecule has 1 amide bonds. The smallest absolute Gasteiger partial charge is 0.252 e. The summed E-state index contributed by atoms with van der Waals surface area (Å²) >= 11 is 0. The van der Waals surface area contributed by atoms with E-state index in [4.69, 9.17) is 16.2 Å². The van der Waals surface area contributed by atoms with E-state index in [1.807, 2.05) is 0 Å². The predicted molar refractivity (Wildman–Crippen MR) is 69.4 cm³/mol. The van der Waals surface area contributed by atoms with Crippen LogP contribution in [0, 0.1) is 0 Å². The zero-order valence-electron chi connectivity index (χ0n) is 10.4. The van der Waals surface area contributed by atoms with Gasteiger partial charge < -0.3 is 21.1 Å². The minimum atomic E-state index is -0.507. The molecular weight excluding hydrogens is 232 g/mol. The number of nitrogen functional groups attached to an aromatic ring is 1. The Morgan fingerprint density at radius 2 is 2.33 bits per heavy atom. The van der Waals surface area contributed by atoms with Crippen LogP contribution in [0.25, 0.3) is 0 Å². The number of pyridine rings is 1. The van der Waals surface area contributed by atoms with Crippen molar-refractivity contribution in [1.82, 2.24) is 4.98 Å². The molecule has 1 aliphatic rings. The Balaban J connectivity index is 2.30. The van der Waals surface area contributed by atoms with E-state index in [1.165, 1.54) is 0 Å². The van der Waals surface area contributed by atoms with Gasteiger partial charge in [0.15, 0.2) is 0 Å². The average Bonchev–Trinajstić information content (AvgIpc) is 3.15. The van der Waals surface area contributed by atoms with Crippen molar-refractivity contribution in [2.24, 2.45) is 5.73 Å². The van der Waals surface area contributed by atoms with Crippen LogP contribution in [-0.4, -0.2) is 37.2 Å². The Kier molecular flexibility index (Phi) is 3.66. The zero-order chi connectivity index (χ0) is 13.1. The number of methoxy groups -OCH3 is 1. The van der Waals surface area contributed by atoms with Crippen molar-refractivity contribution in [3.8, 4) is 0 Å². The molecule has 1 aromatic rings. The maximum Gasteiger partial charge on any atom is 0.252 e. The lowest BCUT2D eigenvalue weighted by Crippen LogP contribution is -2.32. The van der Waals surface area contributed by atoms with E-state index in [2.05, 4.69) is 9.88 Å². The lowest BCUT2D eigenvalue weighted by Gasteiger charge is -2.24. The normalized spacial score (nSPS) is 14.5. The average molecular weight is 250 g/mol. The van der Waals surface area contributed by atoms with Crippen molar-refractivity contribution in [2.45, 2.75) is 18.9 Å². The van der Waals surface area contributed by atoms with Gasteiger partial charge in [-0.15, -0.1) is 0 Å². The Morgan fingerprint density at radius 3 is 2.89 bits per heavy atom. The molecule has 2 rings (SSSR count). The number of nitrogens with two attached hydrogens (primary N) is 2. The number of anilines is 2. The molecular formula is C12H18N4O2. The summed E-state index contributed by atoms with van der Waals surface area (Å²) in [7, 11) is 1.65. The molecule has 6 nitrogen and oxygen atoms in total. The van der Waals surface area contributed by atoms with E-state index in [-0.39, 0.29) is 0 Å². The van der Waals surface area contributed by atoms with Crippen LogP contribution in [-0.2, 0) is 4.74 Å². The molecule has 0 unspecified atom stereocenters. The molecule has 0 bridgehead atoms. The number of carbonyl (C=O) groups excluding carboxylic acids is 1. The summed E-state index contributed by atoms with van der Waals surface area (Å²) in [4.78, 5) is 17.8. The summed E-state index contributed by atoms with van der Waals surface area (Å²) in [5.41, 5.74) is 11.8. The highest BCUT2D eigenvalue weighted by Gasteiger charge is 2.31. The third-order valence-corrected chi connectivity index (χ3v) is 2.95. The summed E-state index contributed by atoms with van der Waals surface area (Å²) in [5.74, 6) is 0.101. The molecule has 0 radical (unpaired) electrons. The van der Waals surface area contributed by atoms with Crippen molar-refractivity contribution in [3.63, 3.8) is 0 Å². The van der Waals surface area contributed by atoms with Crippen molar-refractivity contribution >= 4 is 17.4 Å². The van der Waals surface area contributed by atoms with Gasteiger partial charge >= 0.3 is 0 Å². The molecule has 0 atom stereocenters. The minimum absolute atomic E-state index is 0.373. The fourth-order valence-corrected chi connectivity index (χ4v) is 1.92. The number of hydrogen-bond acceptors (Lipinski definition) is 5. The highest BCUT2D eigenvalue weighted by molar-refractivity contribution is 5.98. The van der Waals surface area contributed by atoms with Crippen molar-refractivity contribution < 1.29 is 9.53 Å². The molecule has 1 saturated carbocycles. The largest absolute Gasteiger partial charge is 0.397 e. The van der Waals surface area contributed by atoms with Crippen LogP contribution in [0.1, 0.15) is 23.2 Å². The highest BCUT2D eigenvalue weighted by atomic mass is 16.5. The molecule has 1 aliphatic carbocycles. The van der Waals surface area contributed by atoms with E-state index < -0.39 is 5.91 Å². The second-order valence-electron chi connectivity index (χ2n) is 4.42. The van der Waals surface area contributed by atoms with Gasteiger partial charge in [-0.1, -0.05) is 0 Å². The molecule has 1 fully saturated rings. The van der Waals surface area contributed by atoms with Gasteiger partial charge in [0, 0.05) is 19.7 Å². The quantitative estimate of drug-likeness (QED) is 0.761. The third-order valence-electron chi connectivity index (χ3n) is 2.95. The van der Waals surface area contributed by atoms with Crippen LogP contribution in [0.4, 0.5) is 11.5 Å². The van der Waals surface area contributed by atoms with E-state index in [1.54, 1.807) is 19.4 Å². The number of primary amides is 1. The standard InChI is InChI=1S/C12H18N4O2/c1-18-5-4-16(9-2-3-9)12-10(11(14)17)6-8(13)7-15-12/h6-7,9H,2-5,13H2,1H3,(H2,14,17). The van der Waals surface area contributed by atoms with E-state index >= 15 is 0 Å². The molecule has 0 aliphatic heterocycles. The van der Waals surface area contributed by atoms with Gasteiger partial charge in [-0.3, -0.25) is 4.79 Å². The van der Waals surface area contributed by atoms with Crippen molar-refractivity contribution in [3.05, 3.63) is 17.8 Å². The predicted octanol–water partition coefficient (Wildman–Crippen LogP) is 0.378. The summed E-state index contributed by atoms with van der Waals surface area (Å²) < 4.78 is 5.09. The summed E-state index contributed by atoms with van der Waals surface area (Å²) in [6, 6.07) is 2.00. The van der Waals surface area contributed by atoms with Gasteiger partial charge in [0.2, 0.25) is 0 Å². The lowest BCUT2D eigenvalue weighted by molar-refractivity contribution is 0.100. The van der Waals surface area contributed by atoms with Gasteiger partial charge in [-0.05, 0) is 18.9 Å². The molecule has 1 aromatic heterocycles. The Bertz CT molecular complexity index is 446. The third kappa shape index (κ3) is 2.70. The van der Waals surface area contributed by atoms with Crippen LogP contribution in [0.5, 0.6) is 0 Å².